The number of nitro groups is 1. The summed E-state index contributed by atoms with van der Waals surface area (Å²) in [6.07, 6.45) is 6.13. The third-order valence-corrected chi connectivity index (χ3v) is 3.79. The zero-order chi connectivity index (χ0) is 13.1. The highest BCUT2D eigenvalue weighted by molar-refractivity contribution is 9.10. The van der Waals surface area contributed by atoms with Crippen molar-refractivity contribution in [2.45, 2.75) is 38.6 Å². The molecule has 1 aliphatic rings. The first-order valence-corrected chi connectivity index (χ1v) is 6.96. The molecule has 6 heteroatoms. The van der Waals surface area contributed by atoms with Crippen molar-refractivity contribution in [2.24, 2.45) is 5.92 Å². The summed E-state index contributed by atoms with van der Waals surface area (Å²) in [4.78, 5) is 14.3. The lowest BCUT2D eigenvalue weighted by atomic mass is 10.1. The smallest absolute Gasteiger partial charge is 0.288 e. The molecule has 1 unspecified atom stereocenters. The Kier molecular flexibility index (Phi) is 4.16. The summed E-state index contributed by atoms with van der Waals surface area (Å²) in [5, 5.41) is 14.0. The van der Waals surface area contributed by atoms with Gasteiger partial charge in [0.15, 0.2) is 0 Å². The van der Waals surface area contributed by atoms with Gasteiger partial charge in [-0.25, -0.2) is 4.98 Å². The summed E-state index contributed by atoms with van der Waals surface area (Å²) in [5.41, 5.74) is 0.00247. The highest BCUT2D eigenvalue weighted by Crippen LogP contribution is 2.35. The highest BCUT2D eigenvalue weighted by atomic mass is 79.9. The lowest BCUT2D eigenvalue weighted by Crippen LogP contribution is -2.20. The van der Waals surface area contributed by atoms with Gasteiger partial charge < -0.3 is 5.32 Å². The van der Waals surface area contributed by atoms with Crippen LogP contribution in [0.1, 0.15) is 32.6 Å². The summed E-state index contributed by atoms with van der Waals surface area (Å²) >= 11 is 3.33. The zero-order valence-electron chi connectivity index (χ0n) is 10.2. The number of hydrogen-bond acceptors (Lipinski definition) is 4. The maximum absolute atomic E-state index is 10.6. The fraction of sp³-hybridized carbons (Fsp3) is 0.583. The second-order valence-corrected chi connectivity index (χ2v) is 5.56. The normalized spacial score (nSPS) is 16.3. The Morgan fingerprint density at radius 2 is 2.39 bits per heavy atom. The lowest BCUT2D eigenvalue weighted by Gasteiger charge is -2.17. The Morgan fingerprint density at radius 1 is 1.67 bits per heavy atom. The Hall–Kier alpha value is -1.17. The number of pyridine rings is 1. The van der Waals surface area contributed by atoms with Gasteiger partial charge in [-0.2, -0.15) is 0 Å². The Bertz CT molecular complexity index is 449. The van der Waals surface area contributed by atoms with Crippen LogP contribution in [0.3, 0.4) is 0 Å². The van der Waals surface area contributed by atoms with Crippen molar-refractivity contribution < 1.29 is 4.92 Å². The fourth-order valence-corrected chi connectivity index (χ4v) is 2.36. The Morgan fingerprint density at radius 3 is 2.89 bits per heavy atom. The van der Waals surface area contributed by atoms with Crippen molar-refractivity contribution in [2.75, 3.05) is 5.32 Å². The van der Waals surface area contributed by atoms with E-state index < -0.39 is 4.92 Å². The van der Waals surface area contributed by atoms with E-state index in [9.17, 15) is 10.1 Å². The van der Waals surface area contributed by atoms with Crippen LogP contribution in [-0.4, -0.2) is 15.9 Å². The summed E-state index contributed by atoms with van der Waals surface area (Å²) in [6.45, 7) is 2.14. The molecule has 0 saturated heterocycles. The maximum atomic E-state index is 10.6. The third-order valence-electron chi connectivity index (χ3n) is 3.19. The van der Waals surface area contributed by atoms with Gasteiger partial charge in [0.2, 0.25) is 0 Å². The molecule has 0 aromatic carbocycles. The molecule has 1 aliphatic carbocycles. The standard InChI is InChI=1S/C12H16BrN3O2/c1-2-9(5-8-3-4-8)15-12-11(13)6-10(7-14-12)16(17)18/h6-9H,2-5H2,1H3,(H,14,15). The molecule has 1 fully saturated rings. The average molecular weight is 314 g/mol. The van der Waals surface area contributed by atoms with Gasteiger partial charge in [-0.05, 0) is 34.7 Å². The van der Waals surface area contributed by atoms with Crippen molar-refractivity contribution in [3.8, 4) is 0 Å². The van der Waals surface area contributed by atoms with Crippen LogP contribution in [0, 0.1) is 16.0 Å². The monoisotopic (exact) mass is 313 g/mol. The van der Waals surface area contributed by atoms with Gasteiger partial charge in [-0.3, -0.25) is 10.1 Å². The molecule has 0 bridgehead atoms. The number of hydrogen-bond donors (Lipinski definition) is 1. The molecule has 0 amide bonds. The highest BCUT2D eigenvalue weighted by Gasteiger charge is 2.25. The van der Waals surface area contributed by atoms with Gasteiger partial charge in [-0.1, -0.05) is 19.8 Å². The molecular formula is C12H16BrN3O2. The molecule has 1 aromatic heterocycles. The lowest BCUT2D eigenvalue weighted by molar-refractivity contribution is -0.385. The fourth-order valence-electron chi connectivity index (χ4n) is 1.91. The molecule has 1 atom stereocenters. The summed E-state index contributed by atoms with van der Waals surface area (Å²) in [7, 11) is 0. The summed E-state index contributed by atoms with van der Waals surface area (Å²) in [6, 6.07) is 1.88. The second kappa shape index (κ2) is 5.65. The molecule has 5 nitrogen and oxygen atoms in total. The number of aromatic nitrogens is 1. The molecule has 0 aliphatic heterocycles. The van der Waals surface area contributed by atoms with Gasteiger partial charge in [0.05, 0.1) is 9.40 Å². The van der Waals surface area contributed by atoms with E-state index in [4.69, 9.17) is 0 Å². The first kappa shape index (κ1) is 13.3. The van der Waals surface area contributed by atoms with E-state index in [-0.39, 0.29) is 5.69 Å². The first-order chi connectivity index (χ1) is 8.60. The van der Waals surface area contributed by atoms with Crippen LogP contribution in [-0.2, 0) is 0 Å². The van der Waals surface area contributed by atoms with E-state index in [1.807, 2.05) is 0 Å². The molecule has 1 saturated carbocycles. The number of rotatable bonds is 6. The number of nitrogens with one attached hydrogen (secondary N) is 1. The molecule has 0 spiro atoms. The molecule has 18 heavy (non-hydrogen) atoms. The largest absolute Gasteiger partial charge is 0.366 e. The maximum Gasteiger partial charge on any atom is 0.288 e. The molecule has 0 radical (unpaired) electrons. The number of halogens is 1. The zero-order valence-corrected chi connectivity index (χ0v) is 11.8. The summed E-state index contributed by atoms with van der Waals surface area (Å²) < 4.78 is 0.644. The van der Waals surface area contributed by atoms with Crippen molar-refractivity contribution in [1.82, 2.24) is 4.98 Å². The minimum Gasteiger partial charge on any atom is -0.366 e. The van der Waals surface area contributed by atoms with Crippen LogP contribution in [0.15, 0.2) is 16.7 Å². The van der Waals surface area contributed by atoms with Crippen LogP contribution in [0.4, 0.5) is 11.5 Å². The quantitative estimate of drug-likeness (QED) is 0.641. The van der Waals surface area contributed by atoms with E-state index in [1.165, 1.54) is 25.1 Å². The molecular weight excluding hydrogens is 298 g/mol. The predicted molar refractivity (Wildman–Crippen MR) is 73.6 cm³/mol. The van der Waals surface area contributed by atoms with E-state index in [1.54, 1.807) is 0 Å². The van der Waals surface area contributed by atoms with Crippen molar-refractivity contribution in [1.29, 1.82) is 0 Å². The minimum atomic E-state index is -0.441. The third kappa shape index (κ3) is 3.41. The van der Waals surface area contributed by atoms with Gasteiger partial charge >= 0.3 is 0 Å². The van der Waals surface area contributed by atoms with E-state index in [0.29, 0.717) is 16.3 Å². The topological polar surface area (TPSA) is 68.1 Å². The van der Waals surface area contributed by atoms with Crippen LogP contribution < -0.4 is 5.32 Å². The van der Waals surface area contributed by atoms with E-state index in [2.05, 4.69) is 33.2 Å². The Labute approximate surface area is 114 Å². The van der Waals surface area contributed by atoms with Crippen molar-refractivity contribution >= 4 is 27.4 Å². The van der Waals surface area contributed by atoms with E-state index in [0.717, 1.165) is 18.8 Å². The first-order valence-electron chi connectivity index (χ1n) is 6.16. The predicted octanol–water partition coefficient (Wildman–Crippen LogP) is 3.74. The van der Waals surface area contributed by atoms with Crippen LogP contribution in [0.2, 0.25) is 0 Å². The average Bonchev–Trinajstić information content (AvgIpc) is 3.14. The minimum absolute atomic E-state index is 0.00247. The molecule has 1 N–H and O–H groups in total. The van der Waals surface area contributed by atoms with Crippen LogP contribution in [0.5, 0.6) is 0 Å². The summed E-state index contributed by atoms with van der Waals surface area (Å²) in [5.74, 6) is 1.53. The van der Waals surface area contributed by atoms with Crippen LogP contribution in [0.25, 0.3) is 0 Å². The second-order valence-electron chi connectivity index (χ2n) is 4.71. The SMILES string of the molecule is CCC(CC1CC1)Nc1ncc([N+](=O)[O-])cc1Br. The molecule has 1 aromatic rings. The molecule has 98 valence electrons. The van der Waals surface area contributed by atoms with Gasteiger partial charge in [-0.15, -0.1) is 0 Å². The van der Waals surface area contributed by atoms with Gasteiger partial charge in [0.1, 0.15) is 12.0 Å². The van der Waals surface area contributed by atoms with E-state index >= 15 is 0 Å². The van der Waals surface area contributed by atoms with Crippen LogP contribution >= 0.6 is 15.9 Å². The molecule has 1 heterocycles. The van der Waals surface area contributed by atoms with Crippen molar-refractivity contribution in [3.63, 3.8) is 0 Å². The van der Waals surface area contributed by atoms with Crippen molar-refractivity contribution in [3.05, 3.63) is 26.9 Å². The number of nitrogens with zero attached hydrogens (tertiary/aromatic N) is 2. The molecule has 2 rings (SSSR count). The number of anilines is 1. The Balaban J connectivity index is 2.05. The van der Waals surface area contributed by atoms with Gasteiger partial charge in [0, 0.05) is 12.1 Å². The van der Waals surface area contributed by atoms with Gasteiger partial charge in [0.25, 0.3) is 5.69 Å².